The highest BCUT2D eigenvalue weighted by atomic mass is 127. The summed E-state index contributed by atoms with van der Waals surface area (Å²) in [4.78, 5) is 0. The van der Waals surface area contributed by atoms with Gasteiger partial charge in [0.1, 0.15) is 5.75 Å². The fourth-order valence-electron chi connectivity index (χ4n) is 2.18. The lowest BCUT2D eigenvalue weighted by Crippen LogP contribution is -1.85. The van der Waals surface area contributed by atoms with E-state index in [1.54, 1.807) is 0 Å². The van der Waals surface area contributed by atoms with Crippen LogP contribution in [-0.2, 0) is 0 Å². The topological polar surface area (TPSA) is 20.2 Å². The van der Waals surface area contributed by atoms with E-state index in [1.807, 2.05) is 42.5 Å². The predicted molar refractivity (Wildman–Crippen MR) is 83.8 cm³/mol. The quantitative estimate of drug-likeness (QED) is 0.627. The Morgan fingerprint density at radius 3 is 2.11 bits per heavy atom. The van der Waals surface area contributed by atoms with Gasteiger partial charge in [0, 0.05) is 0 Å². The summed E-state index contributed by atoms with van der Waals surface area (Å²) in [5, 5.41) is 12.3. The van der Waals surface area contributed by atoms with Crippen LogP contribution in [0.2, 0.25) is 0 Å². The molecule has 0 aliphatic heterocycles. The standard InChI is InChI=1S/C16H11IO/c17-16-13-9-5-4-8-12(13)14(10-15(16)18)11-6-2-1-3-7-11/h1-10,18H. The van der Waals surface area contributed by atoms with Gasteiger partial charge in [-0.1, -0.05) is 54.6 Å². The molecular formula is C16H11IO. The average Bonchev–Trinajstić information content (AvgIpc) is 2.44. The molecule has 0 saturated heterocycles. The molecule has 1 nitrogen and oxygen atoms in total. The molecule has 0 aromatic heterocycles. The summed E-state index contributed by atoms with van der Waals surface area (Å²) in [6, 6.07) is 20.2. The van der Waals surface area contributed by atoms with Crippen molar-refractivity contribution < 1.29 is 5.11 Å². The Balaban J connectivity index is 2.40. The number of phenolic OH excluding ortho intramolecular Hbond substituents is 1. The molecule has 0 radical (unpaired) electrons. The summed E-state index contributed by atoms with van der Waals surface area (Å²) >= 11 is 2.19. The predicted octanol–water partition coefficient (Wildman–Crippen LogP) is 4.82. The highest BCUT2D eigenvalue weighted by Gasteiger charge is 2.10. The Bertz CT molecular complexity index is 705. The molecule has 2 heteroatoms. The summed E-state index contributed by atoms with van der Waals surface area (Å²) in [6.07, 6.45) is 0. The lowest BCUT2D eigenvalue weighted by molar-refractivity contribution is 0.473. The first-order valence-corrected chi connectivity index (χ1v) is 6.81. The lowest BCUT2D eigenvalue weighted by Gasteiger charge is -2.10. The SMILES string of the molecule is Oc1cc(-c2ccccc2)c2ccccc2c1I. The molecule has 3 aromatic carbocycles. The lowest BCUT2D eigenvalue weighted by atomic mass is 9.98. The van der Waals surface area contributed by atoms with Crippen LogP contribution in [0.5, 0.6) is 5.75 Å². The smallest absolute Gasteiger partial charge is 0.130 e. The van der Waals surface area contributed by atoms with Crippen LogP contribution in [0.25, 0.3) is 21.9 Å². The van der Waals surface area contributed by atoms with Gasteiger partial charge < -0.3 is 5.11 Å². The number of phenols is 1. The summed E-state index contributed by atoms with van der Waals surface area (Å²) in [5.41, 5.74) is 2.20. The van der Waals surface area contributed by atoms with E-state index in [0.29, 0.717) is 5.75 Å². The molecule has 1 N–H and O–H groups in total. The number of fused-ring (bicyclic) bond motifs is 1. The second-order valence-corrected chi connectivity index (χ2v) is 5.25. The molecule has 88 valence electrons. The number of hydrogen-bond donors (Lipinski definition) is 1. The molecule has 0 bridgehead atoms. The van der Waals surface area contributed by atoms with Gasteiger partial charge in [0.25, 0.3) is 0 Å². The Morgan fingerprint density at radius 1 is 0.778 bits per heavy atom. The van der Waals surface area contributed by atoms with Crippen molar-refractivity contribution in [2.24, 2.45) is 0 Å². The highest BCUT2D eigenvalue weighted by Crippen LogP contribution is 2.36. The molecule has 0 heterocycles. The zero-order valence-electron chi connectivity index (χ0n) is 9.60. The third kappa shape index (κ3) is 1.86. The van der Waals surface area contributed by atoms with Gasteiger partial charge in [-0.2, -0.15) is 0 Å². The molecule has 0 saturated carbocycles. The van der Waals surface area contributed by atoms with Crippen LogP contribution in [0.4, 0.5) is 0 Å². The molecule has 3 aromatic rings. The minimum atomic E-state index is 0.341. The van der Waals surface area contributed by atoms with Crippen molar-refractivity contribution in [3.8, 4) is 16.9 Å². The summed E-state index contributed by atoms with van der Waals surface area (Å²) in [5.74, 6) is 0.341. The van der Waals surface area contributed by atoms with Gasteiger partial charge in [0.05, 0.1) is 3.57 Å². The third-order valence-corrected chi connectivity index (χ3v) is 4.18. The van der Waals surface area contributed by atoms with Gasteiger partial charge in [-0.3, -0.25) is 0 Å². The van der Waals surface area contributed by atoms with Crippen molar-refractivity contribution in [1.82, 2.24) is 0 Å². The van der Waals surface area contributed by atoms with Gasteiger partial charge in [0.15, 0.2) is 0 Å². The maximum absolute atomic E-state index is 10.1. The first-order valence-electron chi connectivity index (χ1n) is 5.73. The first kappa shape index (κ1) is 11.5. The molecule has 0 aliphatic carbocycles. The van der Waals surface area contributed by atoms with Crippen LogP contribution in [-0.4, -0.2) is 5.11 Å². The van der Waals surface area contributed by atoms with Gasteiger partial charge >= 0.3 is 0 Å². The summed E-state index contributed by atoms with van der Waals surface area (Å²) in [6.45, 7) is 0. The highest BCUT2D eigenvalue weighted by molar-refractivity contribution is 14.1. The van der Waals surface area contributed by atoms with Gasteiger partial charge in [-0.15, -0.1) is 0 Å². The monoisotopic (exact) mass is 346 g/mol. The van der Waals surface area contributed by atoms with E-state index in [-0.39, 0.29) is 0 Å². The Kier molecular flexibility index (Phi) is 2.96. The van der Waals surface area contributed by atoms with Crippen molar-refractivity contribution in [1.29, 1.82) is 0 Å². The van der Waals surface area contributed by atoms with Crippen LogP contribution in [0.1, 0.15) is 0 Å². The summed E-state index contributed by atoms with van der Waals surface area (Å²) < 4.78 is 0.905. The van der Waals surface area contributed by atoms with E-state index in [4.69, 9.17) is 0 Å². The van der Waals surface area contributed by atoms with E-state index in [0.717, 1.165) is 20.1 Å². The zero-order chi connectivity index (χ0) is 12.5. The third-order valence-electron chi connectivity index (χ3n) is 3.04. The van der Waals surface area contributed by atoms with E-state index in [9.17, 15) is 5.11 Å². The maximum atomic E-state index is 10.1. The number of rotatable bonds is 1. The maximum Gasteiger partial charge on any atom is 0.130 e. The zero-order valence-corrected chi connectivity index (χ0v) is 11.8. The van der Waals surface area contributed by atoms with Crippen LogP contribution in [0.15, 0.2) is 60.7 Å². The van der Waals surface area contributed by atoms with Gasteiger partial charge in [-0.05, 0) is 50.6 Å². The van der Waals surface area contributed by atoms with Crippen molar-refractivity contribution >= 4 is 33.4 Å². The fraction of sp³-hybridized carbons (Fsp3) is 0. The Labute approximate surface area is 119 Å². The Morgan fingerprint density at radius 2 is 1.39 bits per heavy atom. The van der Waals surface area contributed by atoms with Crippen LogP contribution in [0.3, 0.4) is 0 Å². The Hall–Kier alpha value is -1.55. The fourth-order valence-corrected chi connectivity index (χ4v) is 2.81. The van der Waals surface area contributed by atoms with Gasteiger partial charge in [0.2, 0.25) is 0 Å². The van der Waals surface area contributed by atoms with Crippen LogP contribution in [0, 0.1) is 3.57 Å². The molecule has 18 heavy (non-hydrogen) atoms. The molecule has 0 fully saturated rings. The summed E-state index contributed by atoms with van der Waals surface area (Å²) in [7, 11) is 0. The second kappa shape index (κ2) is 4.61. The number of hydrogen-bond acceptors (Lipinski definition) is 1. The molecule has 0 unspecified atom stereocenters. The second-order valence-electron chi connectivity index (χ2n) is 4.17. The molecule has 0 atom stereocenters. The van der Waals surface area contributed by atoms with E-state index < -0.39 is 0 Å². The first-order chi connectivity index (χ1) is 8.77. The molecular weight excluding hydrogens is 335 g/mol. The molecule has 0 spiro atoms. The molecule has 0 aliphatic rings. The van der Waals surface area contributed by atoms with Gasteiger partial charge in [-0.25, -0.2) is 0 Å². The van der Waals surface area contributed by atoms with Crippen molar-refractivity contribution in [3.05, 3.63) is 64.2 Å². The normalized spacial score (nSPS) is 10.7. The average molecular weight is 346 g/mol. The van der Waals surface area contributed by atoms with E-state index in [2.05, 4.69) is 40.8 Å². The largest absolute Gasteiger partial charge is 0.507 e. The number of aromatic hydroxyl groups is 1. The van der Waals surface area contributed by atoms with Crippen molar-refractivity contribution in [2.45, 2.75) is 0 Å². The number of halogens is 1. The van der Waals surface area contributed by atoms with Crippen LogP contribution < -0.4 is 0 Å². The molecule has 0 amide bonds. The minimum Gasteiger partial charge on any atom is -0.507 e. The van der Waals surface area contributed by atoms with E-state index >= 15 is 0 Å². The van der Waals surface area contributed by atoms with Crippen molar-refractivity contribution in [3.63, 3.8) is 0 Å². The van der Waals surface area contributed by atoms with E-state index in [1.165, 1.54) is 5.39 Å². The molecule has 3 rings (SSSR count). The minimum absolute atomic E-state index is 0.341. The number of benzene rings is 3. The van der Waals surface area contributed by atoms with Crippen molar-refractivity contribution in [2.75, 3.05) is 0 Å². The van der Waals surface area contributed by atoms with Crippen LogP contribution >= 0.6 is 22.6 Å².